The first-order valence-corrected chi connectivity index (χ1v) is 9.69. The van der Waals surface area contributed by atoms with Crippen LogP contribution in [0.2, 0.25) is 5.02 Å². The van der Waals surface area contributed by atoms with Crippen LogP contribution in [0.3, 0.4) is 0 Å². The zero-order valence-corrected chi connectivity index (χ0v) is 16.4. The number of pyridine rings is 1. The molecule has 1 aliphatic heterocycles. The lowest BCUT2D eigenvalue weighted by molar-refractivity contribution is 0.100. The molecule has 0 radical (unpaired) electrons. The molecule has 1 amide bonds. The number of carbonyl (C=O) groups is 1. The summed E-state index contributed by atoms with van der Waals surface area (Å²) in [5.74, 6) is 0.719. The summed E-state index contributed by atoms with van der Waals surface area (Å²) in [6.45, 7) is 1.72. The van der Waals surface area contributed by atoms with Crippen molar-refractivity contribution >= 4 is 23.3 Å². The first-order valence-electron chi connectivity index (χ1n) is 9.31. The summed E-state index contributed by atoms with van der Waals surface area (Å²) < 4.78 is 7.42. The minimum Gasteiger partial charge on any atom is -0.439 e. The van der Waals surface area contributed by atoms with Crippen LogP contribution >= 0.6 is 11.6 Å². The van der Waals surface area contributed by atoms with Crippen LogP contribution in [0.5, 0.6) is 11.6 Å². The van der Waals surface area contributed by atoms with Crippen molar-refractivity contribution in [1.29, 1.82) is 0 Å². The Morgan fingerprint density at radius 2 is 2.03 bits per heavy atom. The molecule has 1 aliphatic rings. The quantitative estimate of drug-likeness (QED) is 0.592. The minimum absolute atomic E-state index is 0.0918. The molecule has 1 fully saturated rings. The number of nitrogens with one attached hydrogen (secondary N) is 1. The van der Waals surface area contributed by atoms with E-state index < -0.39 is 5.91 Å². The van der Waals surface area contributed by atoms with E-state index in [1.54, 1.807) is 28.9 Å². The zero-order chi connectivity index (χ0) is 20.4. The maximum Gasteiger partial charge on any atom is 0.254 e. The molecule has 0 spiro atoms. The van der Waals surface area contributed by atoms with Crippen molar-refractivity contribution < 1.29 is 9.53 Å². The van der Waals surface area contributed by atoms with Crippen LogP contribution in [0, 0.1) is 0 Å². The fourth-order valence-electron chi connectivity index (χ4n) is 3.44. The minimum atomic E-state index is -0.599. The summed E-state index contributed by atoms with van der Waals surface area (Å²) in [6.07, 6.45) is 3.48. The number of hydrogen-bond donors (Lipinski definition) is 3. The highest BCUT2D eigenvalue weighted by atomic mass is 35.5. The number of hydrogen-bond acceptors (Lipinski definition) is 6. The van der Waals surface area contributed by atoms with Crippen molar-refractivity contribution in [3.05, 3.63) is 53.2 Å². The Morgan fingerprint density at radius 3 is 2.66 bits per heavy atom. The number of nitrogens with two attached hydrogens (primary N) is 2. The summed E-state index contributed by atoms with van der Waals surface area (Å²) in [5.41, 5.74) is 13.3. The molecule has 0 unspecified atom stereocenters. The van der Waals surface area contributed by atoms with Crippen molar-refractivity contribution in [2.24, 2.45) is 5.73 Å². The predicted molar refractivity (Wildman–Crippen MR) is 111 cm³/mol. The summed E-state index contributed by atoms with van der Waals surface area (Å²) in [5, 5.41) is 8.50. The van der Waals surface area contributed by atoms with Gasteiger partial charge in [0.15, 0.2) is 0 Å². The maximum absolute atomic E-state index is 12.1. The number of amides is 1. The van der Waals surface area contributed by atoms with Gasteiger partial charge in [-0.15, -0.1) is 0 Å². The van der Waals surface area contributed by atoms with E-state index in [9.17, 15) is 4.79 Å². The van der Waals surface area contributed by atoms with E-state index in [1.807, 2.05) is 12.1 Å². The van der Waals surface area contributed by atoms with Crippen LogP contribution in [0.25, 0.3) is 11.3 Å². The first-order chi connectivity index (χ1) is 14.0. The summed E-state index contributed by atoms with van der Waals surface area (Å²) in [4.78, 5) is 16.2. The number of nitrogen functional groups attached to an aromatic ring is 1. The molecule has 3 heterocycles. The van der Waals surface area contributed by atoms with E-state index in [4.69, 9.17) is 27.8 Å². The number of carbonyl (C=O) groups excluding carboxylic acids is 1. The van der Waals surface area contributed by atoms with Gasteiger partial charge in [-0.25, -0.2) is 9.67 Å². The molecule has 0 saturated carbocycles. The second-order valence-electron chi connectivity index (χ2n) is 6.86. The van der Waals surface area contributed by atoms with Crippen LogP contribution in [0.15, 0.2) is 42.6 Å². The molecular weight excluding hydrogens is 392 g/mol. The third-order valence-corrected chi connectivity index (χ3v) is 5.08. The average molecular weight is 413 g/mol. The standard InChI is InChI=1S/C20H21ClN6O2/c21-13-5-8-16(25-10-13)29-15-6-3-12(4-7-15)18-17(20(23)28)19(22)27(26-18)14-2-1-9-24-11-14/h3-8,10,14,24H,1-2,9,11,22H2,(H2,23,28)/t14-/m1/s1. The Hall–Kier alpha value is -3.10. The van der Waals surface area contributed by atoms with Gasteiger partial charge in [-0.3, -0.25) is 4.79 Å². The van der Waals surface area contributed by atoms with Crippen molar-refractivity contribution in [3.8, 4) is 22.9 Å². The van der Waals surface area contributed by atoms with Crippen molar-refractivity contribution in [2.75, 3.05) is 18.8 Å². The Balaban J connectivity index is 1.63. The number of benzene rings is 1. The van der Waals surface area contributed by atoms with E-state index in [0.717, 1.165) is 31.5 Å². The van der Waals surface area contributed by atoms with E-state index in [2.05, 4.69) is 15.4 Å². The number of ether oxygens (including phenoxy) is 1. The Labute approximate surface area is 172 Å². The molecule has 2 aromatic heterocycles. The van der Waals surface area contributed by atoms with Gasteiger partial charge in [0, 0.05) is 24.4 Å². The molecule has 1 saturated heterocycles. The molecular formula is C20H21ClN6O2. The van der Waals surface area contributed by atoms with Gasteiger partial charge >= 0.3 is 0 Å². The molecule has 3 aromatic rings. The highest BCUT2D eigenvalue weighted by molar-refractivity contribution is 6.30. The number of halogens is 1. The van der Waals surface area contributed by atoms with Gasteiger partial charge < -0.3 is 21.5 Å². The molecule has 9 heteroatoms. The van der Waals surface area contributed by atoms with Gasteiger partial charge in [0.2, 0.25) is 5.88 Å². The van der Waals surface area contributed by atoms with Gasteiger partial charge in [-0.1, -0.05) is 11.6 Å². The zero-order valence-electron chi connectivity index (χ0n) is 15.6. The molecule has 150 valence electrons. The second-order valence-corrected chi connectivity index (χ2v) is 7.30. The predicted octanol–water partition coefficient (Wildman–Crippen LogP) is 3.00. The van der Waals surface area contributed by atoms with Gasteiger partial charge in [0.25, 0.3) is 5.91 Å². The van der Waals surface area contributed by atoms with Gasteiger partial charge in [-0.2, -0.15) is 5.10 Å². The lowest BCUT2D eigenvalue weighted by Gasteiger charge is -2.23. The van der Waals surface area contributed by atoms with Gasteiger partial charge in [0.05, 0.1) is 11.1 Å². The summed E-state index contributed by atoms with van der Waals surface area (Å²) >= 11 is 5.84. The molecule has 5 N–H and O–H groups in total. The van der Waals surface area contributed by atoms with Crippen molar-refractivity contribution in [2.45, 2.75) is 18.9 Å². The number of aromatic nitrogens is 3. The Morgan fingerprint density at radius 1 is 1.24 bits per heavy atom. The van der Waals surface area contributed by atoms with E-state index in [0.29, 0.717) is 28.2 Å². The molecule has 4 rings (SSSR count). The summed E-state index contributed by atoms with van der Waals surface area (Å²) in [7, 11) is 0. The third kappa shape index (κ3) is 4.03. The number of piperidine rings is 1. The lowest BCUT2D eigenvalue weighted by Crippen LogP contribution is -2.32. The van der Waals surface area contributed by atoms with E-state index >= 15 is 0 Å². The van der Waals surface area contributed by atoms with Crippen LogP contribution in [0.4, 0.5) is 5.82 Å². The highest BCUT2D eigenvalue weighted by Crippen LogP contribution is 2.32. The monoisotopic (exact) mass is 412 g/mol. The fourth-order valence-corrected chi connectivity index (χ4v) is 3.55. The van der Waals surface area contributed by atoms with Crippen LogP contribution < -0.4 is 21.5 Å². The number of nitrogens with zero attached hydrogens (tertiary/aromatic N) is 3. The summed E-state index contributed by atoms with van der Waals surface area (Å²) in [6, 6.07) is 10.6. The van der Waals surface area contributed by atoms with Crippen LogP contribution in [-0.4, -0.2) is 33.8 Å². The molecule has 8 nitrogen and oxygen atoms in total. The SMILES string of the molecule is NC(=O)c1c(-c2ccc(Oc3ccc(Cl)cn3)cc2)nn([C@@H]2CCCNC2)c1N. The van der Waals surface area contributed by atoms with E-state index in [1.165, 1.54) is 6.20 Å². The number of primary amides is 1. The Kier molecular flexibility index (Phi) is 5.37. The highest BCUT2D eigenvalue weighted by Gasteiger charge is 2.26. The molecule has 0 bridgehead atoms. The van der Waals surface area contributed by atoms with Gasteiger partial charge in [0.1, 0.15) is 22.8 Å². The van der Waals surface area contributed by atoms with Gasteiger partial charge in [-0.05, 0) is 49.7 Å². The third-order valence-electron chi connectivity index (χ3n) is 4.86. The van der Waals surface area contributed by atoms with Crippen LogP contribution in [0.1, 0.15) is 29.2 Å². The van der Waals surface area contributed by atoms with Crippen molar-refractivity contribution in [1.82, 2.24) is 20.1 Å². The molecule has 1 atom stereocenters. The smallest absolute Gasteiger partial charge is 0.254 e. The van der Waals surface area contributed by atoms with E-state index in [-0.39, 0.29) is 11.6 Å². The maximum atomic E-state index is 12.1. The number of anilines is 1. The molecule has 29 heavy (non-hydrogen) atoms. The molecule has 0 aliphatic carbocycles. The number of rotatable bonds is 5. The lowest BCUT2D eigenvalue weighted by atomic mass is 10.1. The average Bonchev–Trinajstić information content (AvgIpc) is 3.08. The Bertz CT molecular complexity index is 1010. The largest absolute Gasteiger partial charge is 0.439 e. The van der Waals surface area contributed by atoms with Crippen molar-refractivity contribution in [3.63, 3.8) is 0 Å². The fraction of sp³-hybridized carbons (Fsp3) is 0.250. The first kappa shape index (κ1) is 19.2. The topological polar surface area (TPSA) is 121 Å². The molecule has 1 aromatic carbocycles. The van der Waals surface area contributed by atoms with Crippen LogP contribution in [-0.2, 0) is 0 Å². The normalized spacial score (nSPS) is 16.5. The second kappa shape index (κ2) is 8.10.